The lowest BCUT2D eigenvalue weighted by atomic mass is 10.2. The normalized spacial score (nSPS) is 10.4. The maximum atomic E-state index is 13.2. The van der Waals surface area contributed by atoms with Crippen molar-refractivity contribution in [3.63, 3.8) is 0 Å². The monoisotopic (exact) mass is 270 g/mol. The first kappa shape index (κ1) is 15.4. The fourth-order valence-electron chi connectivity index (χ4n) is 1.39. The van der Waals surface area contributed by atoms with Crippen LogP contribution in [0.15, 0.2) is 18.2 Å². The number of methoxy groups -OCH3 is 1. The molecular formula is C13H19FN2O3. The highest BCUT2D eigenvalue weighted by Gasteiger charge is 2.07. The summed E-state index contributed by atoms with van der Waals surface area (Å²) < 4.78 is 23.2. The average molecular weight is 270 g/mol. The zero-order chi connectivity index (χ0) is 14.1. The Morgan fingerprint density at radius 3 is 2.84 bits per heavy atom. The number of ether oxygens (including phenoxy) is 2. The number of amides is 1. The van der Waals surface area contributed by atoms with Crippen LogP contribution in [0.25, 0.3) is 0 Å². The van der Waals surface area contributed by atoms with Crippen LogP contribution in [0, 0.1) is 5.82 Å². The van der Waals surface area contributed by atoms with Gasteiger partial charge in [-0.2, -0.15) is 0 Å². The smallest absolute Gasteiger partial charge is 0.251 e. The van der Waals surface area contributed by atoms with Gasteiger partial charge in [-0.05, 0) is 24.6 Å². The number of carbonyl (C=O) groups is 1. The second-order valence-electron chi connectivity index (χ2n) is 3.95. The Kier molecular flexibility index (Phi) is 6.84. The lowest BCUT2D eigenvalue weighted by Crippen LogP contribution is -2.25. The highest BCUT2D eigenvalue weighted by atomic mass is 19.1. The standard InChI is InChI=1S/C13H19FN2O3/c1-18-7-8-19-6-2-5-16-13(17)10-3-4-12(15)11(14)9-10/h3-4,9H,2,5-8,15H2,1H3,(H,16,17). The zero-order valence-corrected chi connectivity index (χ0v) is 10.9. The SMILES string of the molecule is COCCOCCCNC(=O)c1ccc(N)c(F)c1. The Hall–Kier alpha value is -1.66. The van der Waals surface area contributed by atoms with Gasteiger partial charge in [0.2, 0.25) is 0 Å². The van der Waals surface area contributed by atoms with E-state index in [0.29, 0.717) is 32.8 Å². The number of anilines is 1. The molecule has 0 aromatic heterocycles. The van der Waals surface area contributed by atoms with Gasteiger partial charge < -0.3 is 20.5 Å². The summed E-state index contributed by atoms with van der Waals surface area (Å²) in [5.74, 6) is -0.911. The van der Waals surface area contributed by atoms with Crippen molar-refractivity contribution < 1.29 is 18.7 Å². The second-order valence-corrected chi connectivity index (χ2v) is 3.95. The molecule has 0 radical (unpaired) electrons. The molecule has 0 spiro atoms. The number of rotatable bonds is 8. The highest BCUT2D eigenvalue weighted by molar-refractivity contribution is 5.94. The van der Waals surface area contributed by atoms with E-state index in [1.54, 1.807) is 7.11 Å². The third kappa shape index (κ3) is 5.67. The largest absolute Gasteiger partial charge is 0.396 e. The number of halogens is 1. The van der Waals surface area contributed by atoms with Crippen molar-refractivity contribution in [1.29, 1.82) is 0 Å². The Bertz CT molecular complexity index is 413. The predicted molar refractivity (Wildman–Crippen MR) is 70.5 cm³/mol. The summed E-state index contributed by atoms with van der Waals surface area (Å²) in [5.41, 5.74) is 5.62. The lowest BCUT2D eigenvalue weighted by molar-refractivity contribution is 0.0688. The third-order valence-corrected chi connectivity index (χ3v) is 2.45. The van der Waals surface area contributed by atoms with Gasteiger partial charge in [0.05, 0.1) is 18.9 Å². The number of carbonyl (C=O) groups excluding carboxylic acids is 1. The molecule has 1 aromatic carbocycles. The molecule has 0 saturated heterocycles. The molecular weight excluding hydrogens is 251 g/mol. The maximum absolute atomic E-state index is 13.2. The van der Waals surface area contributed by atoms with Crippen molar-refractivity contribution in [2.75, 3.05) is 39.2 Å². The van der Waals surface area contributed by atoms with Gasteiger partial charge >= 0.3 is 0 Å². The highest BCUT2D eigenvalue weighted by Crippen LogP contribution is 2.11. The molecule has 0 atom stereocenters. The molecule has 0 aliphatic rings. The first-order chi connectivity index (χ1) is 9.15. The van der Waals surface area contributed by atoms with E-state index in [2.05, 4.69) is 5.32 Å². The van der Waals surface area contributed by atoms with E-state index in [0.717, 1.165) is 6.07 Å². The molecule has 106 valence electrons. The summed E-state index contributed by atoms with van der Waals surface area (Å²) in [5, 5.41) is 2.68. The minimum absolute atomic E-state index is 0.0306. The molecule has 19 heavy (non-hydrogen) atoms. The van der Waals surface area contributed by atoms with Crippen LogP contribution < -0.4 is 11.1 Å². The Morgan fingerprint density at radius 2 is 2.16 bits per heavy atom. The first-order valence-corrected chi connectivity index (χ1v) is 6.05. The Morgan fingerprint density at radius 1 is 1.37 bits per heavy atom. The molecule has 3 N–H and O–H groups in total. The molecule has 1 amide bonds. The number of nitrogen functional groups attached to an aromatic ring is 1. The second kappa shape index (κ2) is 8.44. The quantitative estimate of drug-likeness (QED) is 0.550. The molecule has 0 saturated carbocycles. The summed E-state index contributed by atoms with van der Waals surface area (Å²) in [7, 11) is 1.61. The molecule has 6 heteroatoms. The molecule has 0 aliphatic heterocycles. The fraction of sp³-hybridized carbons (Fsp3) is 0.462. The molecule has 5 nitrogen and oxygen atoms in total. The van der Waals surface area contributed by atoms with Crippen molar-refractivity contribution in [1.82, 2.24) is 5.32 Å². The van der Waals surface area contributed by atoms with Gasteiger partial charge in [0.1, 0.15) is 5.82 Å². The van der Waals surface area contributed by atoms with E-state index in [1.807, 2.05) is 0 Å². The number of benzene rings is 1. The maximum Gasteiger partial charge on any atom is 0.251 e. The topological polar surface area (TPSA) is 73.6 Å². The van der Waals surface area contributed by atoms with Crippen LogP contribution in [-0.2, 0) is 9.47 Å². The summed E-state index contributed by atoms with van der Waals surface area (Å²) in [6.45, 7) is 2.10. The summed E-state index contributed by atoms with van der Waals surface area (Å²) >= 11 is 0. The number of hydrogen-bond acceptors (Lipinski definition) is 4. The number of nitrogens with one attached hydrogen (secondary N) is 1. The van der Waals surface area contributed by atoms with Gasteiger partial charge in [-0.1, -0.05) is 0 Å². The van der Waals surface area contributed by atoms with E-state index in [9.17, 15) is 9.18 Å². The molecule has 0 heterocycles. The van der Waals surface area contributed by atoms with Gasteiger partial charge in [-0.25, -0.2) is 4.39 Å². The third-order valence-electron chi connectivity index (χ3n) is 2.45. The molecule has 1 rings (SSSR count). The van der Waals surface area contributed by atoms with Crippen LogP contribution in [-0.4, -0.2) is 39.4 Å². The molecule has 1 aromatic rings. The van der Waals surface area contributed by atoms with Crippen LogP contribution in [0.4, 0.5) is 10.1 Å². The van der Waals surface area contributed by atoms with Crippen LogP contribution >= 0.6 is 0 Å². The number of nitrogens with two attached hydrogens (primary N) is 1. The van der Waals surface area contributed by atoms with Gasteiger partial charge in [0.15, 0.2) is 0 Å². The van der Waals surface area contributed by atoms with E-state index in [-0.39, 0.29) is 17.2 Å². The van der Waals surface area contributed by atoms with Gasteiger partial charge in [0, 0.05) is 25.8 Å². The van der Waals surface area contributed by atoms with Crippen molar-refractivity contribution in [3.8, 4) is 0 Å². The minimum Gasteiger partial charge on any atom is -0.396 e. The summed E-state index contributed by atoms with van der Waals surface area (Å²) in [6.07, 6.45) is 0.687. The van der Waals surface area contributed by atoms with Crippen molar-refractivity contribution in [3.05, 3.63) is 29.6 Å². The van der Waals surface area contributed by atoms with Crippen molar-refractivity contribution >= 4 is 11.6 Å². The summed E-state index contributed by atoms with van der Waals surface area (Å²) in [4.78, 5) is 11.7. The van der Waals surface area contributed by atoms with E-state index >= 15 is 0 Å². The van der Waals surface area contributed by atoms with Crippen LogP contribution in [0.1, 0.15) is 16.8 Å². The zero-order valence-electron chi connectivity index (χ0n) is 10.9. The van der Waals surface area contributed by atoms with E-state index in [1.165, 1.54) is 12.1 Å². The number of hydrogen-bond donors (Lipinski definition) is 2. The fourth-order valence-corrected chi connectivity index (χ4v) is 1.39. The van der Waals surface area contributed by atoms with E-state index < -0.39 is 5.82 Å². The summed E-state index contributed by atoms with van der Waals surface area (Å²) in [6, 6.07) is 3.99. The molecule has 0 fully saturated rings. The molecule has 0 unspecified atom stereocenters. The van der Waals surface area contributed by atoms with Gasteiger partial charge in [-0.3, -0.25) is 4.79 Å². The Labute approximate surface area is 111 Å². The lowest BCUT2D eigenvalue weighted by Gasteiger charge is -2.06. The van der Waals surface area contributed by atoms with Gasteiger partial charge in [-0.15, -0.1) is 0 Å². The van der Waals surface area contributed by atoms with Crippen molar-refractivity contribution in [2.45, 2.75) is 6.42 Å². The average Bonchev–Trinajstić information content (AvgIpc) is 2.40. The van der Waals surface area contributed by atoms with Crippen LogP contribution in [0.2, 0.25) is 0 Å². The minimum atomic E-state index is -0.587. The van der Waals surface area contributed by atoms with Crippen LogP contribution in [0.5, 0.6) is 0 Å². The van der Waals surface area contributed by atoms with Crippen molar-refractivity contribution in [2.24, 2.45) is 0 Å². The molecule has 0 aliphatic carbocycles. The first-order valence-electron chi connectivity index (χ1n) is 6.05. The van der Waals surface area contributed by atoms with Gasteiger partial charge in [0.25, 0.3) is 5.91 Å². The van der Waals surface area contributed by atoms with Crippen LogP contribution in [0.3, 0.4) is 0 Å². The van der Waals surface area contributed by atoms with E-state index in [4.69, 9.17) is 15.2 Å². The molecule has 0 bridgehead atoms. The Balaban J connectivity index is 2.22. The predicted octanol–water partition coefficient (Wildman–Crippen LogP) is 1.19.